The zero-order valence-electron chi connectivity index (χ0n) is 26.5. The van der Waals surface area contributed by atoms with Crippen molar-refractivity contribution in [3.05, 3.63) is 41.2 Å². The lowest BCUT2D eigenvalue weighted by molar-refractivity contribution is -0.151. The van der Waals surface area contributed by atoms with Gasteiger partial charge in [-0.25, -0.2) is 4.98 Å². The van der Waals surface area contributed by atoms with Crippen LogP contribution in [0.2, 0.25) is 0 Å². The molecule has 2 heterocycles. The van der Waals surface area contributed by atoms with Crippen LogP contribution >= 0.6 is 11.3 Å². The quantitative estimate of drug-likeness (QED) is 0.220. The van der Waals surface area contributed by atoms with Gasteiger partial charge < -0.3 is 31.1 Å². The molecule has 44 heavy (non-hydrogen) atoms. The third kappa shape index (κ3) is 11.1. The lowest BCUT2D eigenvalue weighted by Crippen LogP contribution is -2.56. The van der Waals surface area contributed by atoms with Crippen molar-refractivity contribution in [3.63, 3.8) is 0 Å². The predicted octanol–water partition coefficient (Wildman–Crippen LogP) is 3.01. The predicted molar refractivity (Wildman–Crippen MR) is 171 cm³/mol. The second-order valence-corrected chi connectivity index (χ2v) is 13.5. The van der Waals surface area contributed by atoms with Crippen LogP contribution in [0.5, 0.6) is 0 Å². The molecule has 12 heteroatoms. The fraction of sp³-hybridized carbons (Fsp3) is 0.656. The maximum atomic E-state index is 14.6. The van der Waals surface area contributed by atoms with Crippen molar-refractivity contribution in [1.82, 2.24) is 25.1 Å². The maximum absolute atomic E-state index is 14.6. The molecule has 1 aliphatic rings. The topological polar surface area (TPSA) is 162 Å². The van der Waals surface area contributed by atoms with Crippen molar-refractivity contribution < 1.29 is 24.6 Å². The van der Waals surface area contributed by atoms with Gasteiger partial charge in [0, 0.05) is 38.5 Å². The van der Waals surface area contributed by atoms with Crippen LogP contribution in [0.15, 0.2) is 29.8 Å². The van der Waals surface area contributed by atoms with E-state index in [4.69, 9.17) is 5.73 Å². The van der Waals surface area contributed by atoms with Gasteiger partial charge in [0.25, 0.3) is 0 Å². The summed E-state index contributed by atoms with van der Waals surface area (Å²) >= 11 is 1.25. The number of hydrogen-bond donors (Lipinski definition) is 4. The van der Waals surface area contributed by atoms with Gasteiger partial charge in [0.05, 0.1) is 36.0 Å². The fourth-order valence-electron chi connectivity index (χ4n) is 5.88. The number of nitrogen functional groups attached to an aromatic ring is 1. The monoisotopic (exact) mass is 630 g/mol. The highest BCUT2D eigenvalue weighted by Gasteiger charge is 2.40. The molecule has 0 saturated heterocycles. The molecule has 0 unspecified atom stereocenters. The number of likely N-dealkylation sites (N-methyl/N-ethyl adjacent to an activating group) is 1. The number of aromatic nitrogens is 2. The molecular formula is C32H50N6O5S. The van der Waals surface area contributed by atoms with Gasteiger partial charge in [0.2, 0.25) is 17.7 Å². The third-order valence-electron chi connectivity index (χ3n) is 8.29. The second-order valence-electron chi connectivity index (χ2n) is 12.6. The third-order valence-corrected chi connectivity index (χ3v) is 9.01. The molecule has 2 aromatic heterocycles. The minimum Gasteiger partial charge on any atom is -0.390 e. The zero-order valence-corrected chi connectivity index (χ0v) is 27.3. The molecule has 0 bridgehead atoms. The standard InChI is InChI=1S/C32H50N6O5S/c1-21(2)14-27(39)30(42)26(15-22-10-6-5-7-11-22)38(19-29(41)37(3)4)31(43)23(16-25-20-44-32(33)36-25)17-28(40)35-18-24-12-8-9-13-34-24/h8-9,12-13,20-23,26-27,30,39,42H,5-7,10-11,14-19H2,1-4H3,(H2,33,36)(H,35,40)/t23-,26+,27+,30-/m1/s1. The molecule has 244 valence electrons. The molecule has 0 aromatic carbocycles. The molecule has 5 N–H and O–H groups in total. The van der Waals surface area contributed by atoms with Gasteiger partial charge in [-0.05, 0) is 36.8 Å². The first kappa shape index (κ1) is 35.4. The highest BCUT2D eigenvalue weighted by atomic mass is 32.1. The molecule has 3 amide bonds. The van der Waals surface area contributed by atoms with Gasteiger partial charge in [0.15, 0.2) is 5.13 Å². The summed E-state index contributed by atoms with van der Waals surface area (Å²) in [6.45, 7) is 3.85. The van der Waals surface area contributed by atoms with Crippen LogP contribution in [-0.4, -0.2) is 86.6 Å². The van der Waals surface area contributed by atoms with E-state index in [9.17, 15) is 24.6 Å². The summed E-state index contributed by atoms with van der Waals surface area (Å²) in [7, 11) is 3.23. The van der Waals surface area contributed by atoms with Crippen LogP contribution in [-0.2, 0) is 27.3 Å². The Morgan fingerprint density at radius 1 is 1.11 bits per heavy atom. The number of pyridine rings is 1. The molecule has 0 aliphatic heterocycles. The summed E-state index contributed by atoms with van der Waals surface area (Å²) in [5, 5.41) is 27.7. The molecule has 1 fully saturated rings. The summed E-state index contributed by atoms with van der Waals surface area (Å²) in [6, 6.07) is 4.62. The number of anilines is 1. The Kier molecular flexibility index (Phi) is 14.0. The van der Waals surface area contributed by atoms with Gasteiger partial charge in [-0.2, -0.15) is 0 Å². The van der Waals surface area contributed by atoms with Gasteiger partial charge in [-0.3, -0.25) is 19.4 Å². The zero-order chi connectivity index (χ0) is 32.2. The Labute approximate surface area is 265 Å². The number of aliphatic hydroxyl groups excluding tert-OH is 2. The number of nitrogens with one attached hydrogen (secondary N) is 1. The van der Waals surface area contributed by atoms with Crippen LogP contribution < -0.4 is 11.1 Å². The lowest BCUT2D eigenvalue weighted by atomic mass is 9.81. The van der Waals surface area contributed by atoms with E-state index in [0.29, 0.717) is 29.4 Å². The van der Waals surface area contributed by atoms with Crippen molar-refractivity contribution in [2.75, 3.05) is 26.4 Å². The van der Waals surface area contributed by atoms with Crippen LogP contribution in [0.25, 0.3) is 0 Å². The second kappa shape index (κ2) is 17.4. The number of aliphatic hydroxyl groups is 2. The van der Waals surface area contributed by atoms with Crippen molar-refractivity contribution in [2.45, 2.75) is 96.4 Å². The SMILES string of the molecule is CC(C)C[C@H](O)[C@H](O)[C@H](CC1CCCCC1)N(CC(=O)N(C)C)C(=O)[C@@H](CC(=O)NCc1ccccn1)Cc1csc(N)n1. The van der Waals surface area contributed by atoms with Crippen LogP contribution in [0.1, 0.15) is 76.6 Å². The summed E-state index contributed by atoms with van der Waals surface area (Å²) in [5.74, 6) is -1.60. The average molecular weight is 631 g/mol. The summed E-state index contributed by atoms with van der Waals surface area (Å²) in [4.78, 5) is 52.4. The lowest BCUT2D eigenvalue weighted by Gasteiger charge is -2.41. The summed E-state index contributed by atoms with van der Waals surface area (Å²) in [6.07, 6.45) is 5.31. The van der Waals surface area contributed by atoms with Crippen LogP contribution in [0.3, 0.4) is 0 Å². The molecule has 2 aromatic rings. The molecule has 0 radical (unpaired) electrons. The van der Waals surface area contributed by atoms with Gasteiger partial charge in [0.1, 0.15) is 12.6 Å². The average Bonchev–Trinajstić information content (AvgIpc) is 3.41. The molecule has 3 rings (SSSR count). The van der Waals surface area contributed by atoms with Crippen LogP contribution in [0, 0.1) is 17.8 Å². The van der Waals surface area contributed by atoms with Crippen molar-refractivity contribution in [3.8, 4) is 0 Å². The smallest absolute Gasteiger partial charge is 0.241 e. The van der Waals surface area contributed by atoms with E-state index in [-0.39, 0.29) is 49.6 Å². The highest BCUT2D eigenvalue weighted by Crippen LogP contribution is 2.32. The summed E-state index contributed by atoms with van der Waals surface area (Å²) in [5.41, 5.74) is 7.14. The van der Waals surface area contributed by atoms with Crippen LogP contribution in [0.4, 0.5) is 5.13 Å². The fourth-order valence-corrected chi connectivity index (χ4v) is 6.45. The Hall–Kier alpha value is -3.09. The van der Waals surface area contributed by atoms with E-state index >= 15 is 0 Å². The molecule has 0 spiro atoms. The number of nitrogens with two attached hydrogens (primary N) is 1. The van der Waals surface area contributed by atoms with E-state index in [1.807, 2.05) is 19.9 Å². The van der Waals surface area contributed by atoms with Crippen molar-refractivity contribution in [2.24, 2.45) is 17.8 Å². The van der Waals surface area contributed by atoms with Gasteiger partial charge in [-0.15, -0.1) is 11.3 Å². The van der Waals surface area contributed by atoms with E-state index < -0.39 is 30.1 Å². The number of carbonyl (C=O) groups is 3. The first-order chi connectivity index (χ1) is 20.9. The molecule has 4 atom stereocenters. The van der Waals surface area contributed by atoms with E-state index in [2.05, 4.69) is 15.3 Å². The number of thiazole rings is 1. The number of carbonyl (C=O) groups excluding carboxylic acids is 3. The van der Waals surface area contributed by atoms with Crippen molar-refractivity contribution in [1.29, 1.82) is 0 Å². The first-order valence-corrected chi connectivity index (χ1v) is 16.6. The van der Waals surface area contributed by atoms with E-state index in [1.54, 1.807) is 37.8 Å². The number of rotatable bonds is 16. The minimum atomic E-state index is -1.26. The molecule has 1 aliphatic carbocycles. The van der Waals surface area contributed by atoms with Gasteiger partial charge >= 0.3 is 0 Å². The normalized spacial score (nSPS) is 16.6. The van der Waals surface area contributed by atoms with E-state index in [1.165, 1.54) is 21.1 Å². The van der Waals surface area contributed by atoms with Gasteiger partial charge in [-0.1, -0.05) is 52.0 Å². The molecule has 11 nitrogen and oxygen atoms in total. The minimum absolute atomic E-state index is 0.119. The molecular weight excluding hydrogens is 580 g/mol. The van der Waals surface area contributed by atoms with Crippen molar-refractivity contribution >= 4 is 34.2 Å². The highest BCUT2D eigenvalue weighted by molar-refractivity contribution is 7.13. The van der Waals surface area contributed by atoms with E-state index in [0.717, 1.165) is 32.1 Å². The summed E-state index contributed by atoms with van der Waals surface area (Å²) < 4.78 is 0. The first-order valence-electron chi connectivity index (χ1n) is 15.7. The Bertz CT molecular complexity index is 1190. The number of nitrogens with zero attached hydrogens (tertiary/aromatic N) is 4. The Morgan fingerprint density at radius 2 is 1.84 bits per heavy atom. The molecule has 1 saturated carbocycles. The Balaban J connectivity index is 1.95. The number of hydrogen-bond acceptors (Lipinski definition) is 9. The number of amides is 3. The maximum Gasteiger partial charge on any atom is 0.241 e. The largest absolute Gasteiger partial charge is 0.390 e. The Morgan fingerprint density at radius 3 is 2.43 bits per heavy atom.